The Balaban J connectivity index is 0.743. The van der Waals surface area contributed by atoms with Crippen molar-refractivity contribution in [2.75, 3.05) is 44.2 Å². The number of anilines is 1. The summed E-state index contributed by atoms with van der Waals surface area (Å²) in [4.78, 5) is 44.0. The van der Waals surface area contributed by atoms with Crippen molar-refractivity contribution in [2.45, 2.75) is 68.5 Å². The minimum absolute atomic E-state index is 0.209. The molecule has 3 atom stereocenters. The summed E-state index contributed by atoms with van der Waals surface area (Å²) < 4.78 is 12.8. The van der Waals surface area contributed by atoms with Crippen molar-refractivity contribution in [2.24, 2.45) is 5.92 Å². The highest BCUT2D eigenvalue weighted by molar-refractivity contribution is 6.05. The molecule has 10 heteroatoms. The number of piperidine rings is 2. The standard InChI is InChI=1S/C45H46N4O6/c50-34-11-13-36-31(20-34)8-12-35(29-4-2-1-3-5-29)42(36)30-6-9-33(10-7-30)48-18-16-28(17-19-48)23-47-25-45(26-47)27-54-39-22-37-32(21-40(39)55-45)24-49(44(37)53)38-14-15-41(51)46-43(38)52/h1-7,9-11,13,20-22,28,35,38,42,50H,8,12,14-19,23-27H2,(H,46,51,52)/t35-,38+,42+/m1/s1. The zero-order valence-corrected chi connectivity index (χ0v) is 30.9. The number of ether oxygens (including phenoxy) is 2. The average Bonchev–Trinajstić information content (AvgIpc) is 3.50. The number of amides is 3. The van der Waals surface area contributed by atoms with Crippen LogP contribution in [0.15, 0.2) is 84.9 Å². The first kappa shape index (κ1) is 34.2. The molecular weight excluding hydrogens is 693 g/mol. The zero-order valence-electron chi connectivity index (χ0n) is 30.9. The van der Waals surface area contributed by atoms with Crippen LogP contribution in [0.4, 0.5) is 5.69 Å². The first-order valence-electron chi connectivity index (χ1n) is 19.9. The summed E-state index contributed by atoms with van der Waals surface area (Å²) in [6, 6.07) is 29.1. The van der Waals surface area contributed by atoms with Gasteiger partial charge in [0.05, 0.1) is 0 Å². The second-order valence-electron chi connectivity index (χ2n) is 16.5. The lowest BCUT2D eigenvalue weighted by atomic mass is 9.69. The fourth-order valence-corrected chi connectivity index (χ4v) is 10.2. The molecule has 4 aromatic carbocycles. The van der Waals surface area contributed by atoms with E-state index in [9.17, 15) is 19.5 Å². The Bertz CT molecular complexity index is 2160. The molecule has 0 saturated carbocycles. The molecule has 3 fully saturated rings. The highest BCUT2D eigenvalue weighted by atomic mass is 16.6. The van der Waals surface area contributed by atoms with Crippen molar-refractivity contribution in [3.63, 3.8) is 0 Å². The molecule has 0 unspecified atom stereocenters. The molecule has 1 aliphatic carbocycles. The predicted molar refractivity (Wildman–Crippen MR) is 207 cm³/mol. The molecule has 5 aliphatic heterocycles. The quantitative estimate of drug-likeness (QED) is 0.241. The fourth-order valence-electron chi connectivity index (χ4n) is 10.2. The van der Waals surface area contributed by atoms with Crippen molar-refractivity contribution in [3.8, 4) is 17.2 Å². The maximum Gasteiger partial charge on any atom is 0.255 e. The van der Waals surface area contributed by atoms with Crippen molar-refractivity contribution < 1.29 is 29.0 Å². The van der Waals surface area contributed by atoms with Gasteiger partial charge in [0, 0.05) is 62.9 Å². The molecule has 6 aliphatic rings. The third-order valence-corrected chi connectivity index (χ3v) is 13.0. The SMILES string of the molecule is O=C1CC[C@H](N2Cc3cc4c(cc3C2=O)OCC2(CN(CC3CCN(c5ccc([C@@H]6c7ccc(O)cc7CC[C@@H]6c6ccccc6)cc5)CC3)C2)O4)C(=O)N1. The Morgan fingerprint density at radius 3 is 2.38 bits per heavy atom. The Labute approximate surface area is 321 Å². The summed E-state index contributed by atoms with van der Waals surface area (Å²) in [6.07, 6.45) is 4.88. The van der Waals surface area contributed by atoms with Crippen LogP contribution in [0.5, 0.6) is 17.2 Å². The Morgan fingerprint density at radius 2 is 1.60 bits per heavy atom. The van der Waals surface area contributed by atoms with E-state index < -0.39 is 17.6 Å². The molecule has 10 rings (SSSR count). The van der Waals surface area contributed by atoms with Gasteiger partial charge in [0.25, 0.3) is 5.91 Å². The fraction of sp³-hybridized carbons (Fsp3) is 0.400. The second-order valence-corrected chi connectivity index (χ2v) is 16.5. The second kappa shape index (κ2) is 13.4. The summed E-state index contributed by atoms with van der Waals surface area (Å²) in [5, 5.41) is 12.6. The minimum atomic E-state index is -0.647. The van der Waals surface area contributed by atoms with Gasteiger partial charge in [-0.1, -0.05) is 48.5 Å². The van der Waals surface area contributed by atoms with Gasteiger partial charge in [-0.25, -0.2) is 0 Å². The van der Waals surface area contributed by atoms with Gasteiger partial charge in [-0.3, -0.25) is 24.6 Å². The Kier molecular flexibility index (Phi) is 8.35. The number of nitrogens with zero attached hydrogens (tertiary/aromatic N) is 3. The monoisotopic (exact) mass is 738 g/mol. The van der Waals surface area contributed by atoms with Gasteiger partial charge < -0.3 is 24.4 Å². The first-order valence-corrected chi connectivity index (χ1v) is 19.9. The van der Waals surface area contributed by atoms with E-state index >= 15 is 0 Å². The van der Waals surface area contributed by atoms with Gasteiger partial charge in [-0.2, -0.15) is 0 Å². The maximum atomic E-state index is 13.3. The van der Waals surface area contributed by atoms with E-state index in [-0.39, 0.29) is 24.2 Å². The van der Waals surface area contributed by atoms with Gasteiger partial charge in [0.2, 0.25) is 11.8 Å². The average molecular weight is 739 g/mol. The molecule has 0 bridgehead atoms. The van der Waals surface area contributed by atoms with Crippen molar-refractivity contribution in [1.29, 1.82) is 0 Å². The predicted octanol–water partition coefficient (Wildman–Crippen LogP) is 5.76. The largest absolute Gasteiger partial charge is 0.508 e. The van der Waals surface area contributed by atoms with Crippen LogP contribution < -0.4 is 19.7 Å². The summed E-state index contributed by atoms with van der Waals surface area (Å²) in [7, 11) is 0. The normalized spacial score (nSPS) is 24.7. The number of imide groups is 1. The van der Waals surface area contributed by atoms with Crippen LogP contribution >= 0.6 is 0 Å². The summed E-state index contributed by atoms with van der Waals surface area (Å²) >= 11 is 0. The van der Waals surface area contributed by atoms with Crippen LogP contribution in [-0.4, -0.2) is 83.6 Å². The molecule has 0 radical (unpaired) electrons. The van der Waals surface area contributed by atoms with Gasteiger partial charge in [0.1, 0.15) is 18.4 Å². The van der Waals surface area contributed by atoms with E-state index in [0.717, 1.165) is 64.0 Å². The van der Waals surface area contributed by atoms with E-state index in [1.165, 1.54) is 27.9 Å². The van der Waals surface area contributed by atoms with Crippen LogP contribution in [0, 0.1) is 5.92 Å². The smallest absolute Gasteiger partial charge is 0.255 e. The van der Waals surface area contributed by atoms with E-state index in [2.05, 4.69) is 75.8 Å². The molecule has 2 N–H and O–H groups in total. The number of phenolic OH excluding ortho intramolecular Hbond substituents is 1. The van der Waals surface area contributed by atoms with Crippen LogP contribution in [0.1, 0.15) is 82.1 Å². The molecule has 282 valence electrons. The number of phenols is 1. The number of nitrogens with one attached hydrogen (secondary N) is 1. The lowest BCUT2D eigenvalue weighted by Crippen LogP contribution is -2.69. The molecular formula is C45H46N4O6. The summed E-state index contributed by atoms with van der Waals surface area (Å²) in [5.41, 5.74) is 7.53. The van der Waals surface area contributed by atoms with Gasteiger partial charge in [0.15, 0.2) is 17.1 Å². The molecule has 0 aromatic heterocycles. The van der Waals surface area contributed by atoms with Gasteiger partial charge in [-0.05, 0) is 108 Å². The van der Waals surface area contributed by atoms with E-state index in [0.29, 0.717) is 54.2 Å². The van der Waals surface area contributed by atoms with E-state index in [1.807, 2.05) is 18.2 Å². The Hall–Kier alpha value is -5.35. The van der Waals surface area contributed by atoms with Crippen LogP contribution in [-0.2, 0) is 22.6 Å². The summed E-state index contributed by atoms with van der Waals surface area (Å²) in [5.74, 6) is 1.92. The van der Waals surface area contributed by atoms with Gasteiger partial charge >= 0.3 is 0 Å². The Morgan fingerprint density at radius 1 is 0.800 bits per heavy atom. The number of carbonyl (C=O) groups excluding carboxylic acids is 3. The zero-order chi connectivity index (χ0) is 37.3. The lowest BCUT2D eigenvalue weighted by Gasteiger charge is -2.52. The molecule has 1 spiro atoms. The minimum Gasteiger partial charge on any atom is -0.508 e. The first-order chi connectivity index (χ1) is 26.8. The number of benzene rings is 4. The number of hydrogen-bond donors (Lipinski definition) is 2. The highest BCUT2D eigenvalue weighted by Crippen LogP contribution is 2.48. The molecule has 3 saturated heterocycles. The highest BCUT2D eigenvalue weighted by Gasteiger charge is 2.50. The van der Waals surface area contributed by atoms with E-state index in [1.54, 1.807) is 11.0 Å². The van der Waals surface area contributed by atoms with Gasteiger partial charge in [-0.15, -0.1) is 0 Å². The van der Waals surface area contributed by atoms with Crippen molar-refractivity contribution in [1.82, 2.24) is 15.1 Å². The maximum absolute atomic E-state index is 13.3. The van der Waals surface area contributed by atoms with Crippen molar-refractivity contribution >= 4 is 23.4 Å². The summed E-state index contributed by atoms with van der Waals surface area (Å²) in [6.45, 7) is 5.48. The van der Waals surface area contributed by atoms with Crippen molar-refractivity contribution in [3.05, 3.63) is 118 Å². The van der Waals surface area contributed by atoms with Crippen LogP contribution in [0.2, 0.25) is 0 Å². The van der Waals surface area contributed by atoms with Crippen LogP contribution in [0.25, 0.3) is 0 Å². The number of likely N-dealkylation sites (tertiary alicyclic amines) is 1. The van der Waals surface area contributed by atoms with Crippen LogP contribution in [0.3, 0.4) is 0 Å². The molecule has 3 amide bonds. The molecule has 5 heterocycles. The molecule has 4 aromatic rings. The number of carbonyl (C=O) groups is 3. The molecule has 55 heavy (non-hydrogen) atoms. The number of aryl methyl sites for hydroxylation is 1. The topological polar surface area (TPSA) is 112 Å². The molecule has 10 nitrogen and oxygen atoms in total. The number of fused-ring (bicyclic) bond motifs is 3. The van der Waals surface area contributed by atoms with E-state index in [4.69, 9.17) is 9.47 Å². The number of hydrogen-bond acceptors (Lipinski definition) is 8. The third kappa shape index (κ3) is 6.20. The number of rotatable bonds is 6. The lowest BCUT2D eigenvalue weighted by molar-refractivity contribution is -0.136. The number of aromatic hydroxyl groups is 1. The third-order valence-electron chi connectivity index (χ3n) is 13.0.